The Morgan fingerprint density at radius 3 is 2.55 bits per heavy atom. The second-order valence-corrected chi connectivity index (χ2v) is 4.93. The zero-order valence-corrected chi connectivity index (χ0v) is 11.3. The molecule has 20 heavy (non-hydrogen) atoms. The molecular weight excluding hydrogens is 262 g/mol. The van der Waals surface area contributed by atoms with Gasteiger partial charge in [-0.25, -0.2) is 4.79 Å². The highest BCUT2D eigenvalue weighted by molar-refractivity contribution is 5.87. The molecule has 1 amide bonds. The van der Waals surface area contributed by atoms with Gasteiger partial charge in [-0.3, -0.25) is 4.79 Å². The second kappa shape index (κ2) is 5.81. The molecular formula is C14H17NO5. The number of aliphatic carboxylic acids is 1. The van der Waals surface area contributed by atoms with Crippen LogP contribution in [0.15, 0.2) is 24.3 Å². The molecule has 0 spiro atoms. The van der Waals surface area contributed by atoms with Crippen LogP contribution in [0.2, 0.25) is 0 Å². The summed E-state index contributed by atoms with van der Waals surface area (Å²) >= 11 is 0. The van der Waals surface area contributed by atoms with Gasteiger partial charge >= 0.3 is 5.97 Å². The van der Waals surface area contributed by atoms with Crippen LogP contribution < -0.4 is 14.8 Å². The van der Waals surface area contributed by atoms with Crippen molar-refractivity contribution in [3.05, 3.63) is 24.3 Å². The summed E-state index contributed by atoms with van der Waals surface area (Å²) in [6, 6.07) is 6.09. The number of carboxylic acid groups (broad SMARTS) is 1. The Labute approximate surface area is 116 Å². The van der Waals surface area contributed by atoms with E-state index in [-0.39, 0.29) is 12.5 Å². The fraction of sp³-hybridized carbons (Fsp3) is 0.429. The molecule has 2 atom stereocenters. The van der Waals surface area contributed by atoms with Crippen molar-refractivity contribution in [2.75, 3.05) is 6.61 Å². The van der Waals surface area contributed by atoms with Crippen molar-refractivity contribution < 1.29 is 24.2 Å². The topological polar surface area (TPSA) is 84.9 Å². The van der Waals surface area contributed by atoms with Crippen molar-refractivity contribution >= 4 is 11.9 Å². The van der Waals surface area contributed by atoms with Crippen molar-refractivity contribution in [3.63, 3.8) is 0 Å². The number of fused-ring (bicyclic) bond motifs is 1. The summed E-state index contributed by atoms with van der Waals surface area (Å²) in [4.78, 5) is 23.1. The summed E-state index contributed by atoms with van der Waals surface area (Å²) < 4.78 is 11.0. The number of hydrogen-bond acceptors (Lipinski definition) is 4. The Bertz CT molecular complexity index is 514. The predicted molar refractivity (Wildman–Crippen MR) is 70.8 cm³/mol. The molecule has 0 saturated heterocycles. The fourth-order valence-electron chi connectivity index (χ4n) is 1.91. The van der Waals surface area contributed by atoms with Crippen molar-refractivity contribution in [3.8, 4) is 11.5 Å². The maximum Gasteiger partial charge on any atom is 0.326 e. The van der Waals surface area contributed by atoms with E-state index >= 15 is 0 Å². The third kappa shape index (κ3) is 3.01. The Morgan fingerprint density at radius 1 is 1.30 bits per heavy atom. The van der Waals surface area contributed by atoms with Gasteiger partial charge in [-0.1, -0.05) is 26.0 Å². The number of carbonyl (C=O) groups excluding carboxylic acids is 1. The first-order valence-corrected chi connectivity index (χ1v) is 6.40. The normalized spacial score (nSPS) is 18.4. The van der Waals surface area contributed by atoms with E-state index in [1.54, 1.807) is 32.0 Å². The van der Waals surface area contributed by atoms with Crippen LogP contribution >= 0.6 is 0 Å². The largest absolute Gasteiger partial charge is 0.485 e. The minimum atomic E-state index is -1.06. The summed E-state index contributed by atoms with van der Waals surface area (Å²) in [5.74, 6) is -0.704. The zero-order valence-electron chi connectivity index (χ0n) is 11.3. The number of nitrogens with one attached hydrogen (secondary N) is 1. The van der Waals surface area contributed by atoms with E-state index in [4.69, 9.17) is 14.6 Å². The highest BCUT2D eigenvalue weighted by Crippen LogP contribution is 2.30. The van der Waals surface area contributed by atoms with Crippen LogP contribution in [-0.2, 0) is 9.59 Å². The number of para-hydroxylation sites is 2. The molecule has 2 N–H and O–H groups in total. The molecule has 1 aromatic carbocycles. The standard InChI is InChI=1S/C14H17NO5/c1-8(2)12(14(17)18)15-13(16)11-7-19-9-5-3-4-6-10(9)20-11/h3-6,8,11-12H,7H2,1-2H3,(H,15,16)(H,17,18)/t11?,12-/m0/s1. The van der Waals surface area contributed by atoms with E-state index in [1.165, 1.54) is 0 Å². The van der Waals surface area contributed by atoms with Gasteiger partial charge in [0.1, 0.15) is 12.6 Å². The maximum absolute atomic E-state index is 12.0. The third-order valence-corrected chi connectivity index (χ3v) is 3.03. The maximum atomic E-state index is 12.0. The first-order chi connectivity index (χ1) is 9.49. The van der Waals surface area contributed by atoms with Crippen LogP contribution in [-0.4, -0.2) is 35.7 Å². The van der Waals surface area contributed by atoms with Crippen molar-refractivity contribution in [2.24, 2.45) is 5.92 Å². The molecule has 1 aliphatic heterocycles. The van der Waals surface area contributed by atoms with Crippen LogP contribution in [0.1, 0.15) is 13.8 Å². The Kier molecular flexibility index (Phi) is 4.12. The van der Waals surface area contributed by atoms with Gasteiger partial charge in [0, 0.05) is 0 Å². The zero-order chi connectivity index (χ0) is 14.7. The number of ether oxygens (including phenoxy) is 2. The van der Waals surface area contributed by atoms with E-state index < -0.39 is 24.0 Å². The Morgan fingerprint density at radius 2 is 1.95 bits per heavy atom. The highest BCUT2D eigenvalue weighted by Gasteiger charge is 2.31. The number of carbonyl (C=O) groups is 2. The summed E-state index contributed by atoms with van der Waals surface area (Å²) in [5, 5.41) is 11.5. The van der Waals surface area contributed by atoms with Crippen molar-refractivity contribution in [1.29, 1.82) is 0 Å². The molecule has 1 unspecified atom stereocenters. The van der Waals surface area contributed by atoms with Crippen LogP contribution in [0.25, 0.3) is 0 Å². The minimum absolute atomic E-state index is 0.0628. The Balaban J connectivity index is 2.03. The van der Waals surface area contributed by atoms with Gasteiger partial charge in [0.05, 0.1) is 0 Å². The monoisotopic (exact) mass is 279 g/mol. The van der Waals surface area contributed by atoms with Crippen molar-refractivity contribution in [1.82, 2.24) is 5.32 Å². The molecule has 108 valence electrons. The Hall–Kier alpha value is -2.24. The SMILES string of the molecule is CC(C)[C@H](NC(=O)C1COc2ccccc2O1)C(=O)O. The van der Waals surface area contributed by atoms with E-state index in [0.717, 1.165) is 0 Å². The number of rotatable bonds is 4. The van der Waals surface area contributed by atoms with E-state index in [9.17, 15) is 9.59 Å². The first kappa shape index (κ1) is 14.2. The molecule has 0 aromatic heterocycles. The third-order valence-electron chi connectivity index (χ3n) is 3.03. The minimum Gasteiger partial charge on any atom is -0.485 e. The average Bonchev–Trinajstić information content (AvgIpc) is 2.43. The van der Waals surface area contributed by atoms with E-state index in [1.807, 2.05) is 6.07 Å². The van der Waals surface area contributed by atoms with E-state index in [0.29, 0.717) is 11.5 Å². The molecule has 0 aliphatic carbocycles. The molecule has 1 aromatic rings. The van der Waals surface area contributed by atoms with Gasteiger partial charge in [-0.2, -0.15) is 0 Å². The van der Waals surface area contributed by atoms with Crippen LogP contribution in [0, 0.1) is 5.92 Å². The smallest absolute Gasteiger partial charge is 0.326 e. The summed E-state index contributed by atoms with van der Waals surface area (Å²) in [6.07, 6.45) is -0.842. The number of hydrogen-bond donors (Lipinski definition) is 2. The molecule has 1 aliphatic rings. The average molecular weight is 279 g/mol. The van der Waals surface area contributed by atoms with Crippen LogP contribution in [0.4, 0.5) is 0 Å². The second-order valence-electron chi connectivity index (χ2n) is 4.93. The highest BCUT2D eigenvalue weighted by atomic mass is 16.6. The predicted octanol–water partition coefficient (Wildman–Crippen LogP) is 1.05. The van der Waals surface area contributed by atoms with Crippen molar-refractivity contribution in [2.45, 2.75) is 26.0 Å². The molecule has 0 saturated carbocycles. The van der Waals surface area contributed by atoms with Gasteiger partial charge < -0.3 is 19.9 Å². The molecule has 6 heteroatoms. The van der Waals surface area contributed by atoms with Gasteiger partial charge in [0.2, 0.25) is 6.10 Å². The lowest BCUT2D eigenvalue weighted by atomic mass is 10.0. The number of amides is 1. The molecule has 0 bridgehead atoms. The lowest BCUT2D eigenvalue weighted by Crippen LogP contribution is -2.51. The first-order valence-electron chi connectivity index (χ1n) is 6.40. The summed E-state index contributed by atoms with van der Waals surface area (Å²) in [7, 11) is 0. The van der Waals surface area contributed by atoms with E-state index in [2.05, 4.69) is 5.32 Å². The van der Waals surface area contributed by atoms with Crippen LogP contribution in [0.3, 0.4) is 0 Å². The molecule has 2 rings (SSSR count). The molecule has 6 nitrogen and oxygen atoms in total. The summed E-state index contributed by atoms with van der Waals surface area (Å²) in [6.45, 7) is 3.52. The lowest BCUT2D eigenvalue weighted by molar-refractivity contribution is -0.145. The number of benzene rings is 1. The molecule has 0 radical (unpaired) electrons. The fourth-order valence-corrected chi connectivity index (χ4v) is 1.91. The van der Waals surface area contributed by atoms with Gasteiger partial charge in [-0.15, -0.1) is 0 Å². The molecule has 0 fully saturated rings. The number of carboxylic acids is 1. The lowest BCUT2D eigenvalue weighted by Gasteiger charge is -2.27. The molecule has 1 heterocycles. The quantitative estimate of drug-likeness (QED) is 0.860. The van der Waals surface area contributed by atoms with Gasteiger partial charge in [0.25, 0.3) is 5.91 Å². The summed E-state index contributed by atoms with van der Waals surface area (Å²) in [5.41, 5.74) is 0. The van der Waals surface area contributed by atoms with Gasteiger partial charge in [0.15, 0.2) is 11.5 Å². The van der Waals surface area contributed by atoms with Gasteiger partial charge in [-0.05, 0) is 18.1 Å². The van der Waals surface area contributed by atoms with Crippen LogP contribution in [0.5, 0.6) is 11.5 Å².